The van der Waals surface area contributed by atoms with Crippen LogP contribution in [0.25, 0.3) is 0 Å². The van der Waals surface area contributed by atoms with Gasteiger partial charge >= 0.3 is 0 Å². The smallest absolute Gasteiger partial charge is 0.0958 e. The van der Waals surface area contributed by atoms with Crippen LogP contribution in [0.3, 0.4) is 0 Å². The van der Waals surface area contributed by atoms with E-state index in [1.54, 1.807) is 0 Å². The first-order chi connectivity index (χ1) is 7.65. The lowest BCUT2D eigenvalue weighted by atomic mass is 9.83. The predicted molar refractivity (Wildman–Crippen MR) is 64.6 cm³/mol. The van der Waals surface area contributed by atoms with Gasteiger partial charge in [0.1, 0.15) is 0 Å². The third-order valence-electron chi connectivity index (χ3n) is 3.49. The Morgan fingerprint density at radius 3 is 2.44 bits per heavy atom. The molecule has 0 bridgehead atoms. The van der Waals surface area contributed by atoms with E-state index in [0.29, 0.717) is 5.92 Å². The molecule has 1 aliphatic carbocycles. The van der Waals surface area contributed by atoms with Crippen molar-refractivity contribution in [1.82, 2.24) is 0 Å². The van der Waals surface area contributed by atoms with Gasteiger partial charge in [-0.3, -0.25) is 0 Å². The van der Waals surface area contributed by atoms with Crippen molar-refractivity contribution in [3.63, 3.8) is 0 Å². The molecule has 1 unspecified atom stereocenters. The topological polar surface area (TPSA) is 66.5 Å². The molecule has 1 aliphatic rings. The first kappa shape index (κ1) is 13.5. The van der Waals surface area contributed by atoms with Crippen LogP contribution in [-0.4, -0.2) is 28.5 Å². The zero-order valence-electron chi connectivity index (χ0n) is 9.81. The summed E-state index contributed by atoms with van der Waals surface area (Å²) in [5.74, 6) is 2.95. The maximum absolute atomic E-state index is 9.78. The monoisotopic (exact) mass is 225 g/mol. The SMILES string of the molecule is C#CC[C@@H](O)C(O)[C@@H](N)CC1CCCCC1. The molecule has 0 heterocycles. The van der Waals surface area contributed by atoms with Crippen LogP contribution in [0.1, 0.15) is 44.9 Å². The van der Waals surface area contributed by atoms with Gasteiger partial charge in [0.05, 0.1) is 12.2 Å². The minimum absolute atomic E-state index is 0.166. The molecule has 0 radical (unpaired) electrons. The molecule has 92 valence electrons. The Bertz CT molecular complexity index is 231. The van der Waals surface area contributed by atoms with Crippen LogP contribution < -0.4 is 5.73 Å². The molecular formula is C13H23NO2. The fraction of sp³-hybridized carbons (Fsp3) is 0.846. The van der Waals surface area contributed by atoms with Gasteiger partial charge in [0.25, 0.3) is 0 Å². The minimum Gasteiger partial charge on any atom is -0.389 e. The summed E-state index contributed by atoms with van der Waals surface area (Å²) < 4.78 is 0. The van der Waals surface area contributed by atoms with Crippen LogP contribution in [0.5, 0.6) is 0 Å². The molecule has 0 aromatic rings. The molecule has 0 aromatic carbocycles. The van der Waals surface area contributed by atoms with Crippen molar-refractivity contribution in [3.05, 3.63) is 0 Å². The van der Waals surface area contributed by atoms with E-state index >= 15 is 0 Å². The average molecular weight is 225 g/mol. The number of hydrogen-bond acceptors (Lipinski definition) is 3. The Labute approximate surface area is 98.0 Å². The Balaban J connectivity index is 2.32. The zero-order valence-corrected chi connectivity index (χ0v) is 9.81. The minimum atomic E-state index is -0.891. The second-order valence-electron chi connectivity index (χ2n) is 4.87. The second kappa shape index (κ2) is 6.90. The van der Waals surface area contributed by atoms with E-state index in [-0.39, 0.29) is 12.5 Å². The average Bonchev–Trinajstić information content (AvgIpc) is 2.29. The standard InChI is InChI=1S/C13H23NO2/c1-2-6-12(15)13(16)11(14)9-10-7-4-3-5-8-10/h1,10-13,15-16H,3-9,14H2/t11-,12+,13?/m0/s1. The third-order valence-corrected chi connectivity index (χ3v) is 3.49. The third kappa shape index (κ3) is 4.13. The maximum Gasteiger partial charge on any atom is 0.0958 e. The molecule has 0 aliphatic heterocycles. The van der Waals surface area contributed by atoms with Gasteiger partial charge in [0.15, 0.2) is 0 Å². The molecule has 1 fully saturated rings. The lowest BCUT2D eigenvalue weighted by Crippen LogP contribution is -2.44. The van der Waals surface area contributed by atoms with Crippen molar-refractivity contribution in [2.45, 2.75) is 63.2 Å². The van der Waals surface area contributed by atoms with Gasteiger partial charge in [0, 0.05) is 12.5 Å². The van der Waals surface area contributed by atoms with Crippen LogP contribution in [0.15, 0.2) is 0 Å². The highest BCUT2D eigenvalue weighted by Gasteiger charge is 2.26. The van der Waals surface area contributed by atoms with E-state index in [1.165, 1.54) is 32.1 Å². The van der Waals surface area contributed by atoms with E-state index in [4.69, 9.17) is 12.2 Å². The summed E-state index contributed by atoms with van der Waals surface area (Å²) >= 11 is 0. The molecule has 3 heteroatoms. The van der Waals surface area contributed by atoms with Gasteiger partial charge in [-0.05, 0) is 12.3 Å². The van der Waals surface area contributed by atoms with Crippen molar-refractivity contribution >= 4 is 0 Å². The van der Waals surface area contributed by atoms with Crippen LogP contribution in [0.2, 0.25) is 0 Å². The normalized spacial score (nSPS) is 23.4. The fourth-order valence-electron chi connectivity index (χ4n) is 2.47. The van der Waals surface area contributed by atoms with Crippen molar-refractivity contribution < 1.29 is 10.2 Å². The molecule has 1 rings (SSSR count). The summed E-state index contributed by atoms with van der Waals surface area (Å²) in [4.78, 5) is 0. The number of nitrogens with two attached hydrogens (primary N) is 1. The molecular weight excluding hydrogens is 202 g/mol. The Morgan fingerprint density at radius 2 is 1.88 bits per heavy atom. The number of aliphatic hydroxyl groups excluding tert-OH is 2. The number of hydrogen-bond donors (Lipinski definition) is 3. The van der Waals surface area contributed by atoms with E-state index in [1.807, 2.05) is 0 Å². The molecule has 16 heavy (non-hydrogen) atoms. The first-order valence-electron chi connectivity index (χ1n) is 6.20. The predicted octanol–water partition coefficient (Wildman–Crippen LogP) is 1.03. The van der Waals surface area contributed by atoms with E-state index in [2.05, 4.69) is 5.92 Å². The molecule has 0 spiro atoms. The maximum atomic E-state index is 9.78. The number of terminal acetylenes is 1. The molecule has 0 amide bonds. The molecule has 1 saturated carbocycles. The van der Waals surface area contributed by atoms with Gasteiger partial charge < -0.3 is 15.9 Å². The highest BCUT2D eigenvalue weighted by molar-refractivity contribution is 4.92. The zero-order chi connectivity index (χ0) is 12.0. The molecule has 3 atom stereocenters. The Hall–Kier alpha value is -0.560. The lowest BCUT2D eigenvalue weighted by molar-refractivity contribution is 0.00157. The number of aliphatic hydroxyl groups is 2. The lowest BCUT2D eigenvalue weighted by Gasteiger charge is -2.28. The van der Waals surface area contributed by atoms with Crippen molar-refractivity contribution in [2.75, 3.05) is 0 Å². The largest absolute Gasteiger partial charge is 0.389 e. The molecule has 0 saturated heterocycles. The molecule has 3 nitrogen and oxygen atoms in total. The Morgan fingerprint density at radius 1 is 1.25 bits per heavy atom. The van der Waals surface area contributed by atoms with Crippen molar-refractivity contribution in [2.24, 2.45) is 11.7 Å². The summed E-state index contributed by atoms with van der Waals surface area (Å²) in [5, 5.41) is 19.3. The summed E-state index contributed by atoms with van der Waals surface area (Å²) in [6.07, 6.45) is 10.5. The summed E-state index contributed by atoms with van der Waals surface area (Å²) in [5.41, 5.74) is 5.90. The summed E-state index contributed by atoms with van der Waals surface area (Å²) in [6, 6.07) is -0.355. The highest BCUT2D eigenvalue weighted by Crippen LogP contribution is 2.27. The quantitative estimate of drug-likeness (QED) is 0.612. The fourth-order valence-corrected chi connectivity index (χ4v) is 2.47. The number of rotatable bonds is 5. The van der Waals surface area contributed by atoms with Crippen molar-refractivity contribution in [1.29, 1.82) is 0 Å². The molecule has 0 aromatic heterocycles. The van der Waals surface area contributed by atoms with Crippen LogP contribution in [0, 0.1) is 18.3 Å². The first-order valence-corrected chi connectivity index (χ1v) is 6.20. The Kier molecular flexibility index (Phi) is 5.83. The summed E-state index contributed by atoms with van der Waals surface area (Å²) in [7, 11) is 0. The van der Waals surface area contributed by atoms with Crippen LogP contribution >= 0.6 is 0 Å². The molecule has 4 N–H and O–H groups in total. The second-order valence-corrected chi connectivity index (χ2v) is 4.87. The van der Waals surface area contributed by atoms with Gasteiger partial charge in [-0.2, -0.15) is 0 Å². The van der Waals surface area contributed by atoms with Gasteiger partial charge in [-0.15, -0.1) is 12.3 Å². The van der Waals surface area contributed by atoms with Gasteiger partial charge in [0.2, 0.25) is 0 Å². The van der Waals surface area contributed by atoms with E-state index in [0.717, 1.165) is 6.42 Å². The van der Waals surface area contributed by atoms with E-state index in [9.17, 15) is 10.2 Å². The van der Waals surface area contributed by atoms with Crippen LogP contribution in [0.4, 0.5) is 0 Å². The highest BCUT2D eigenvalue weighted by atomic mass is 16.3. The van der Waals surface area contributed by atoms with E-state index < -0.39 is 12.2 Å². The van der Waals surface area contributed by atoms with Crippen LogP contribution in [-0.2, 0) is 0 Å². The van der Waals surface area contributed by atoms with Gasteiger partial charge in [-0.25, -0.2) is 0 Å². The summed E-state index contributed by atoms with van der Waals surface area (Å²) in [6.45, 7) is 0. The van der Waals surface area contributed by atoms with Crippen molar-refractivity contribution in [3.8, 4) is 12.3 Å². The van der Waals surface area contributed by atoms with Gasteiger partial charge in [-0.1, -0.05) is 32.1 Å².